The Kier molecular flexibility index (Phi) is 10.1. The summed E-state index contributed by atoms with van der Waals surface area (Å²) in [6.45, 7) is 9.69. The van der Waals surface area contributed by atoms with Gasteiger partial charge in [0.05, 0.1) is 18.6 Å². The lowest BCUT2D eigenvalue weighted by Gasteiger charge is -2.31. The second kappa shape index (κ2) is 12.5. The number of aryl methyl sites for hydroxylation is 1. The molecule has 0 spiro atoms. The fraction of sp³-hybridized carbons (Fsp3) is 0.667. The lowest BCUT2D eigenvalue weighted by molar-refractivity contribution is -0.138. The highest BCUT2D eigenvalue weighted by Gasteiger charge is 2.42. The molecule has 0 atom stereocenters. The molecule has 0 heterocycles. The molecule has 1 aliphatic rings. The maximum atomic E-state index is 12.8. The number of aliphatic imine (C=N–C) groups is 1. The molecule has 7 heteroatoms. The molecule has 1 fully saturated rings. The van der Waals surface area contributed by atoms with Crippen molar-refractivity contribution in [2.45, 2.75) is 53.0 Å². The van der Waals surface area contributed by atoms with Crippen molar-refractivity contribution >= 4 is 11.9 Å². The summed E-state index contributed by atoms with van der Waals surface area (Å²) in [4.78, 5) is 19.3. The van der Waals surface area contributed by atoms with Crippen LogP contribution in [0.2, 0.25) is 0 Å². The van der Waals surface area contributed by atoms with Gasteiger partial charge >= 0.3 is 0 Å². The van der Waals surface area contributed by atoms with Gasteiger partial charge in [-0.15, -0.1) is 0 Å². The molecule has 7 nitrogen and oxygen atoms in total. The van der Waals surface area contributed by atoms with Crippen LogP contribution in [0, 0.1) is 12.3 Å². The Morgan fingerprint density at radius 3 is 2.55 bits per heavy atom. The van der Waals surface area contributed by atoms with Gasteiger partial charge in [0.2, 0.25) is 5.91 Å². The van der Waals surface area contributed by atoms with E-state index in [1.807, 2.05) is 34.0 Å². The highest BCUT2D eigenvalue weighted by molar-refractivity contribution is 5.85. The molecule has 0 aromatic heterocycles. The Morgan fingerprint density at radius 2 is 1.90 bits per heavy atom. The highest BCUT2D eigenvalue weighted by atomic mass is 16.5. The Labute approximate surface area is 187 Å². The molecular formula is C24H40N4O3. The molecule has 1 amide bonds. The monoisotopic (exact) mass is 432 g/mol. The average Bonchev–Trinajstić information content (AvgIpc) is 3.23. The first-order valence-corrected chi connectivity index (χ1v) is 11.5. The van der Waals surface area contributed by atoms with Crippen molar-refractivity contribution in [1.82, 2.24) is 15.5 Å². The van der Waals surface area contributed by atoms with Gasteiger partial charge in [0.25, 0.3) is 0 Å². The number of amides is 1. The van der Waals surface area contributed by atoms with Gasteiger partial charge in [-0.2, -0.15) is 0 Å². The summed E-state index contributed by atoms with van der Waals surface area (Å²) >= 11 is 0. The Hall–Kier alpha value is -2.28. The van der Waals surface area contributed by atoms with Gasteiger partial charge in [0.15, 0.2) is 5.96 Å². The van der Waals surface area contributed by atoms with Crippen LogP contribution in [-0.2, 0) is 16.1 Å². The number of nitrogens with zero attached hydrogens (tertiary/aromatic N) is 2. The van der Waals surface area contributed by atoms with Crippen LogP contribution in [0.4, 0.5) is 0 Å². The number of nitrogens with one attached hydrogen (secondary N) is 2. The Balaban J connectivity index is 2.08. The lowest BCUT2D eigenvalue weighted by Crippen LogP contribution is -2.49. The quantitative estimate of drug-likeness (QED) is 0.319. The molecule has 0 aliphatic heterocycles. The van der Waals surface area contributed by atoms with E-state index in [9.17, 15) is 4.79 Å². The fourth-order valence-electron chi connectivity index (χ4n) is 4.03. The maximum absolute atomic E-state index is 12.8. The molecule has 174 valence electrons. The van der Waals surface area contributed by atoms with E-state index in [4.69, 9.17) is 14.5 Å². The predicted octanol–water partition coefficient (Wildman–Crippen LogP) is 3.11. The number of carbonyl (C=O) groups is 1. The summed E-state index contributed by atoms with van der Waals surface area (Å²) in [7, 11) is 3.68. The number of rotatable bonds is 11. The molecule has 0 unspecified atom stereocenters. The molecule has 0 saturated heterocycles. The third-order valence-corrected chi connectivity index (χ3v) is 5.68. The van der Waals surface area contributed by atoms with E-state index in [0.29, 0.717) is 32.9 Å². The summed E-state index contributed by atoms with van der Waals surface area (Å²) in [6, 6.07) is 6.18. The van der Waals surface area contributed by atoms with E-state index < -0.39 is 0 Å². The Morgan fingerprint density at radius 1 is 1.16 bits per heavy atom. The SMILES string of the molecule is CCNC(=NCc1ccc(C)cc1OCCOCC)NCC1(C(=O)N(C)C)CCCC1. The van der Waals surface area contributed by atoms with Crippen molar-refractivity contribution in [2.24, 2.45) is 10.4 Å². The molecule has 1 saturated carbocycles. The van der Waals surface area contributed by atoms with Crippen LogP contribution in [0.1, 0.15) is 50.7 Å². The molecular weight excluding hydrogens is 392 g/mol. The minimum atomic E-state index is -0.336. The fourth-order valence-corrected chi connectivity index (χ4v) is 4.03. The summed E-state index contributed by atoms with van der Waals surface area (Å²) in [5.41, 5.74) is 1.84. The van der Waals surface area contributed by atoms with E-state index in [0.717, 1.165) is 55.1 Å². The van der Waals surface area contributed by atoms with Gasteiger partial charge in [-0.3, -0.25) is 4.79 Å². The third kappa shape index (κ3) is 7.42. The van der Waals surface area contributed by atoms with Crippen molar-refractivity contribution < 1.29 is 14.3 Å². The van der Waals surface area contributed by atoms with E-state index in [1.165, 1.54) is 0 Å². The standard InChI is InChI=1S/C24H40N4O3/c1-6-25-23(27-18-24(12-8-9-13-24)22(29)28(4)5)26-17-20-11-10-19(3)16-21(20)31-15-14-30-7-2/h10-11,16H,6-9,12-15,17-18H2,1-5H3,(H2,25,26,27). The van der Waals surface area contributed by atoms with Crippen molar-refractivity contribution in [2.75, 3.05) is 47.0 Å². The minimum absolute atomic E-state index is 0.205. The number of hydrogen-bond donors (Lipinski definition) is 2. The zero-order chi connectivity index (χ0) is 22.7. The number of ether oxygens (including phenoxy) is 2. The zero-order valence-electron chi connectivity index (χ0n) is 19.9. The largest absolute Gasteiger partial charge is 0.491 e. The molecule has 0 bridgehead atoms. The smallest absolute Gasteiger partial charge is 0.230 e. The second-order valence-electron chi connectivity index (χ2n) is 8.39. The molecule has 2 N–H and O–H groups in total. The number of hydrogen-bond acceptors (Lipinski definition) is 4. The maximum Gasteiger partial charge on any atom is 0.230 e. The first-order valence-electron chi connectivity index (χ1n) is 11.5. The lowest BCUT2D eigenvalue weighted by atomic mass is 9.84. The van der Waals surface area contributed by atoms with Crippen LogP contribution in [0.5, 0.6) is 5.75 Å². The van der Waals surface area contributed by atoms with Gasteiger partial charge in [0.1, 0.15) is 12.4 Å². The van der Waals surface area contributed by atoms with Gasteiger partial charge < -0.3 is 25.0 Å². The van der Waals surface area contributed by atoms with Crippen LogP contribution >= 0.6 is 0 Å². The first kappa shape index (κ1) is 25.0. The van der Waals surface area contributed by atoms with Crippen molar-refractivity contribution in [3.05, 3.63) is 29.3 Å². The van der Waals surface area contributed by atoms with Crippen molar-refractivity contribution in [3.8, 4) is 5.75 Å². The zero-order valence-corrected chi connectivity index (χ0v) is 19.9. The molecule has 2 rings (SSSR count). The van der Waals surface area contributed by atoms with Gasteiger partial charge in [-0.25, -0.2) is 4.99 Å². The topological polar surface area (TPSA) is 75.2 Å². The molecule has 31 heavy (non-hydrogen) atoms. The van der Waals surface area contributed by atoms with Crippen LogP contribution in [0.15, 0.2) is 23.2 Å². The van der Waals surface area contributed by atoms with Gasteiger partial charge in [-0.05, 0) is 45.2 Å². The van der Waals surface area contributed by atoms with Gasteiger partial charge in [0, 0.05) is 39.4 Å². The number of carbonyl (C=O) groups excluding carboxylic acids is 1. The van der Waals surface area contributed by atoms with Crippen molar-refractivity contribution in [3.63, 3.8) is 0 Å². The molecule has 0 radical (unpaired) electrons. The normalized spacial score (nSPS) is 15.6. The van der Waals surface area contributed by atoms with Crippen molar-refractivity contribution in [1.29, 1.82) is 0 Å². The van der Waals surface area contributed by atoms with Crippen LogP contribution in [0.25, 0.3) is 0 Å². The summed E-state index contributed by atoms with van der Waals surface area (Å²) in [5, 5.41) is 6.74. The predicted molar refractivity (Wildman–Crippen MR) is 126 cm³/mol. The number of benzene rings is 1. The first-order chi connectivity index (χ1) is 14.9. The summed E-state index contributed by atoms with van der Waals surface area (Å²) in [5.74, 6) is 1.77. The van der Waals surface area contributed by atoms with E-state index >= 15 is 0 Å². The van der Waals surface area contributed by atoms with E-state index in [2.05, 4.69) is 29.7 Å². The summed E-state index contributed by atoms with van der Waals surface area (Å²) in [6.07, 6.45) is 4.04. The molecule has 1 aromatic carbocycles. The Bertz CT molecular complexity index is 728. The minimum Gasteiger partial charge on any atom is -0.491 e. The van der Waals surface area contributed by atoms with Crippen LogP contribution < -0.4 is 15.4 Å². The summed E-state index contributed by atoms with van der Waals surface area (Å²) < 4.78 is 11.3. The molecule has 1 aromatic rings. The van der Waals surface area contributed by atoms with Crippen LogP contribution in [0.3, 0.4) is 0 Å². The van der Waals surface area contributed by atoms with Crippen LogP contribution in [-0.4, -0.2) is 63.8 Å². The average molecular weight is 433 g/mol. The highest BCUT2D eigenvalue weighted by Crippen LogP contribution is 2.38. The second-order valence-corrected chi connectivity index (χ2v) is 8.39. The van der Waals surface area contributed by atoms with E-state index in [-0.39, 0.29) is 11.3 Å². The van der Waals surface area contributed by atoms with E-state index in [1.54, 1.807) is 4.90 Å². The number of guanidine groups is 1. The third-order valence-electron chi connectivity index (χ3n) is 5.68. The van der Waals surface area contributed by atoms with Gasteiger partial charge in [-0.1, -0.05) is 25.0 Å². The molecule has 1 aliphatic carbocycles.